The van der Waals surface area contributed by atoms with Crippen LogP contribution in [0.3, 0.4) is 0 Å². The minimum Gasteiger partial charge on any atom is -0.443 e. The standard InChI is InChI=1S/C15H22INO3/c1-11(10-18)9-17(14(19)20-15(2,3)4)13-8-6-5-7-12(13)16/h5-8,11,18H,9-10H2,1-4H3. The van der Waals surface area contributed by atoms with E-state index in [9.17, 15) is 9.90 Å². The molecule has 1 amide bonds. The van der Waals surface area contributed by atoms with E-state index < -0.39 is 5.60 Å². The van der Waals surface area contributed by atoms with Gasteiger partial charge in [0, 0.05) is 16.7 Å². The van der Waals surface area contributed by atoms with Crippen molar-refractivity contribution in [3.8, 4) is 0 Å². The molecule has 112 valence electrons. The van der Waals surface area contributed by atoms with Gasteiger partial charge >= 0.3 is 6.09 Å². The van der Waals surface area contributed by atoms with Crippen LogP contribution in [0.1, 0.15) is 27.7 Å². The summed E-state index contributed by atoms with van der Waals surface area (Å²) in [6.45, 7) is 7.87. The number of aliphatic hydroxyl groups is 1. The summed E-state index contributed by atoms with van der Waals surface area (Å²) < 4.78 is 6.43. The van der Waals surface area contributed by atoms with Crippen molar-refractivity contribution in [2.75, 3.05) is 18.1 Å². The maximum absolute atomic E-state index is 12.4. The molecule has 1 N–H and O–H groups in total. The van der Waals surface area contributed by atoms with E-state index >= 15 is 0 Å². The number of carbonyl (C=O) groups is 1. The Labute approximate surface area is 134 Å². The van der Waals surface area contributed by atoms with E-state index in [1.54, 1.807) is 4.90 Å². The highest BCUT2D eigenvalue weighted by Gasteiger charge is 2.25. The van der Waals surface area contributed by atoms with Crippen molar-refractivity contribution in [1.82, 2.24) is 0 Å². The number of anilines is 1. The van der Waals surface area contributed by atoms with Crippen LogP contribution in [-0.4, -0.2) is 30.0 Å². The maximum Gasteiger partial charge on any atom is 0.414 e. The molecule has 1 rings (SSSR count). The molecular formula is C15H22INO3. The van der Waals surface area contributed by atoms with Gasteiger partial charge < -0.3 is 9.84 Å². The smallest absolute Gasteiger partial charge is 0.414 e. The lowest BCUT2D eigenvalue weighted by Gasteiger charge is -2.29. The van der Waals surface area contributed by atoms with Crippen molar-refractivity contribution in [2.24, 2.45) is 5.92 Å². The Bertz CT molecular complexity index is 457. The van der Waals surface area contributed by atoms with E-state index in [4.69, 9.17) is 4.74 Å². The van der Waals surface area contributed by atoms with Gasteiger partial charge in [0.15, 0.2) is 0 Å². The first-order valence-electron chi connectivity index (χ1n) is 6.60. The Morgan fingerprint density at radius 1 is 1.40 bits per heavy atom. The summed E-state index contributed by atoms with van der Waals surface area (Å²) in [5.41, 5.74) is 0.264. The molecule has 0 aliphatic heterocycles. The average molecular weight is 391 g/mol. The molecular weight excluding hydrogens is 369 g/mol. The minimum atomic E-state index is -0.544. The fourth-order valence-electron chi connectivity index (χ4n) is 1.63. The van der Waals surface area contributed by atoms with Crippen LogP contribution in [0.5, 0.6) is 0 Å². The molecule has 0 bridgehead atoms. The molecule has 0 fully saturated rings. The third-order valence-electron chi connectivity index (χ3n) is 2.56. The molecule has 0 heterocycles. The number of hydrogen-bond donors (Lipinski definition) is 1. The first-order valence-corrected chi connectivity index (χ1v) is 7.68. The summed E-state index contributed by atoms with van der Waals surface area (Å²) in [7, 11) is 0. The van der Waals surface area contributed by atoms with Crippen molar-refractivity contribution in [1.29, 1.82) is 0 Å². The normalized spacial score (nSPS) is 12.9. The van der Waals surface area contributed by atoms with E-state index in [-0.39, 0.29) is 18.6 Å². The van der Waals surface area contributed by atoms with Crippen molar-refractivity contribution >= 4 is 34.4 Å². The highest BCUT2D eigenvalue weighted by Crippen LogP contribution is 2.25. The van der Waals surface area contributed by atoms with Crippen LogP contribution in [0.4, 0.5) is 10.5 Å². The van der Waals surface area contributed by atoms with Crippen LogP contribution in [0, 0.1) is 9.49 Å². The van der Waals surface area contributed by atoms with Gasteiger partial charge in [0.1, 0.15) is 5.60 Å². The quantitative estimate of drug-likeness (QED) is 0.798. The van der Waals surface area contributed by atoms with E-state index in [1.807, 2.05) is 52.0 Å². The third-order valence-corrected chi connectivity index (χ3v) is 3.48. The Morgan fingerprint density at radius 2 is 2.00 bits per heavy atom. The van der Waals surface area contributed by atoms with Gasteiger partial charge in [0.05, 0.1) is 5.69 Å². The summed E-state index contributed by atoms with van der Waals surface area (Å²) in [5.74, 6) is -0.0153. The second-order valence-electron chi connectivity index (χ2n) is 5.83. The molecule has 0 radical (unpaired) electrons. The predicted molar refractivity (Wildman–Crippen MR) is 89.0 cm³/mol. The first kappa shape index (κ1) is 17.2. The summed E-state index contributed by atoms with van der Waals surface area (Å²) in [4.78, 5) is 14.0. The zero-order valence-electron chi connectivity index (χ0n) is 12.4. The summed E-state index contributed by atoms with van der Waals surface area (Å²) in [5, 5.41) is 9.23. The number of halogens is 1. The number of aliphatic hydroxyl groups excluding tert-OH is 1. The van der Waals surface area contributed by atoms with Gasteiger partial charge in [0.2, 0.25) is 0 Å². The predicted octanol–water partition coefficient (Wildman–Crippen LogP) is 3.66. The van der Waals surface area contributed by atoms with Gasteiger partial charge in [0.25, 0.3) is 0 Å². The van der Waals surface area contributed by atoms with Gasteiger partial charge in [-0.2, -0.15) is 0 Å². The van der Waals surface area contributed by atoms with Crippen LogP contribution in [0.25, 0.3) is 0 Å². The van der Waals surface area contributed by atoms with E-state index in [0.717, 1.165) is 9.26 Å². The fraction of sp³-hybridized carbons (Fsp3) is 0.533. The second-order valence-corrected chi connectivity index (χ2v) is 6.99. The molecule has 4 nitrogen and oxygen atoms in total. The van der Waals surface area contributed by atoms with Gasteiger partial charge in [-0.15, -0.1) is 0 Å². The van der Waals surface area contributed by atoms with Crippen LogP contribution in [-0.2, 0) is 4.74 Å². The lowest BCUT2D eigenvalue weighted by molar-refractivity contribution is 0.0571. The van der Waals surface area contributed by atoms with Crippen LogP contribution >= 0.6 is 22.6 Å². The van der Waals surface area contributed by atoms with Gasteiger partial charge in [-0.05, 0) is 61.4 Å². The monoisotopic (exact) mass is 391 g/mol. The van der Waals surface area contributed by atoms with Gasteiger partial charge in [-0.3, -0.25) is 4.90 Å². The number of rotatable bonds is 4. The molecule has 0 spiro atoms. The highest BCUT2D eigenvalue weighted by molar-refractivity contribution is 14.1. The highest BCUT2D eigenvalue weighted by atomic mass is 127. The molecule has 1 unspecified atom stereocenters. The molecule has 0 aliphatic carbocycles. The Balaban J connectivity index is 3.03. The van der Waals surface area contributed by atoms with Crippen molar-refractivity contribution in [3.63, 3.8) is 0 Å². The number of benzene rings is 1. The summed E-state index contributed by atoms with van der Waals surface area (Å²) in [6, 6.07) is 7.64. The molecule has 20 heavy (non-hydrogen) atoms. The topological polar surface area (TPSA) is 49.8 Å². The lowest BCUT2D eigenvalue weighted by Crippen LogP contribution is -2.40. The fourth-order valence-corrected chi connectivity index (χ4v) is 2.31. The molecule has 0 aliphatic rings. The van der Waals surface area contributed by atoms with Gasteiger partial charge in [-0.1, -0.05) is 19.1 Å². The molecule has 1 atom stereocenters. The number of ether oxygens (including phenoxy) is 1. The lowest BCUT2D eigenvalue weighted by atomic mass is 10.1. The Kier molecular flexibility index (Phi) is 6.26. The van der Waals surface area contributed by atoms with Crippen LogP contribution < -0.4 is 4.90 Å². The number of amides is 1. The molecule has 1 aromatic carbocycles. The first-order chi connectivity index (χ1) is 9.24. The zero-order chi connectivity index (χ0) is 15.3. The zero-order valence-corrected chi connectivity index (χ0v) is 14.5. The average Bonchev–Trinajstić information content (AvgIpc) is 2.34. The number of para-hydroxylation sites is 1. The van der Waals surface area contributed by atoms with Crippen molar-refractivity contribution < 1.29 is 14.6 Å². The molecule has 0 aromatic heterocycles. The minimum absolute atomic E-state index is 0.0153. The number of carbonyl (C=O) groups excluding carboxylic acids is 1. The number of nitrogens with zero attached hydrogens (tertiary/aromatic N) is 1. The van der Waals surface area contributed by atoms with Crippen LogP contribution in [0.2, 0.25) is 0 Å². The molecule has 5 heteroatoms. The Morgan fingerprint density at radius 3 is 2.50 bits per heavy atom. The van der Waals surface area contributed by atoms with Crippen molar-refractivity contribution in [2.45, 2.75) is 33.3 Å². The van der Waals surface area contributed by atoms with E-state index in [1.165, 1.54) is 0 Å². The number of hydrogen-bond acceptors (Lipinski definition) is 3. The SMILES string of the molecule is CC(CO)CN(C(=O)OC(C)(C)C)c1ccccc1I. The molecule has 1 aromatic rings. The molecule has 0 saturated heterocycles. The largest absolute Gasteiger partial charge is 0.443 e. The van der Waals surface area contributed by atoms with E-state index in [0.29, 0.717) is 6.54 Å². The van der Waals surface area contributed by atoms with Gasteiger partial charge in [-0.25, -0.2) is 4.79 Å². The molecule has 0 saturated carbocycles. The van der Waals surface area contributed by atoms with Crippen LogP contribution in [0.15, 0.2) is 24.3 Å². The van der Waals surface area contributed by atoms with E-state index in [2.05, 4.69) is 22.6 Å². The second kappa shape index (κ2) is 7.26. The third kappa shape index (κ3) is 5.28. The summed E-state index contributed by atoms with van der Waals surface area (Å²) >= 11 is 2.19. The Hall–Kier alpha value is -0.820. The maximum atomic E-state index is 12.4. The summed E-state index contributed by atoms with van der Waals surface area (Å²) in [6.07, 6.45) is -0.387. The van der Waals surface area contributed by atoms with Crippen molar-refractivity contribution in [3.05, 3.63) is 27.8 Å².